The van der Waals surface area contributed by atoms with E-state index in [2.05, 4.69) is 47.2 Å². The molecule has 1 aromatic heterocycles. The molecule has 0 aliphatic carbocycles. The predicted molar refractivity (Wildman–Crippen MR) is 118 cm³/mol. The maximum absolute atomic E-state index is 12.7. The smallest absolute Gasteiger partial charge is 0.385 e. The van der Waals surface area contributed by atoms with Crippen LogP contribution in [0.1, 0.15) is 25.3 Å². The molecule has 1 unspecified atom stereocenters. The molecule has 0 radical (unpaired) electrons. The molecule has 4 N–H and O–H groups in total. The molecule has 1 amide bonds. The standard InChI is InChI=1S/C20H24BrF3N6O/c1-12(31)25-6-7-26-18-16(21)11-28-19(30-18)29-15-4-5-17-14(8-15)3-2-13(10-27-17)9-20(22,23)24/h4-5,8,11,13,27H,2-3,6-7,9-10H2,1H3,(H,25,31)(H2,26,28,29,30). The van der Waals surface area contributed by atoms with E-state index in [0.717, 1.165) is 16.9 Å². The quantitative estimate of drug-likeness (QED) is 0.419. The van der Waals surface area contributed by atoms with Gasteiger partial charge >= 0.3 is 6.18 Å². The Morgan fingerprint density at radius 3 is 2.87 bits per heavy atom. The zero-order valence-electron chi connectivity index (χ0n) is 16.9. The molecule has 7 nitrogen and oxygen atoms in total. The first kappa shape index (κ1) is 23.1. The number of fused-ring (bicyclic) bond motifs is 1. The SMILES string of the molecule is CC(=O)NCCNc1nc(Nc2ccc3c(c2)CCC(CC(F)(F)F)CN3)ncc1Br. The van der Waals surface area contributed by atoms with Crippen molar-refractivity contribution in [3.8, 4) is 0 Å². The van der Waals surface area contributed by atoms with Crippen LogP contribution in [0.5, 0.6) is 0 Å². The molecule has 1 aliphatic rings. The van der Waals surface area contributed by atoms with Gasteiger partial charge in [-0.25, -0.2) is 4.98 Å². The summed E-state index contributed by atoms with van der Waals surface area (Å²) in [5, 5.41) is 12.1. The van der Waals surface area contributed by atoms with Crippen molar-refractivity contribution in [1.82, 2.24) is 15.3 Å². The summed E-state index contributed by atoms with van der Waals surface area (Å²) < 4.78 is 38.9. The molecule has 31 heavy (non-hydrogen) atoms. The van der Waals surface area contributed by atoms with Crippen molar-refractivity contribution in [2.24, 2.45) is 5.92 Å². The van der Waals surface area contributed by atoms with Gasteiger partial charge in [-0.1, -0.05) is 0 Å². The van der Waals surface area contributed by atoms with Crippen molar-refractivity contribution in [2.45, 2.75) is 32.4 Å². The van der Waals surface area contributed by atoms with Gasteiger partial charge in [-0.05, 0) is 58.5 Å². The summed E-state index contributed by atoms with van der Waals surface area (Å²) in [5.74, 6) is 0.411. The van der Waals surface area contributed by atoms with Gasteiger partial charge in [0, 0.05) is 50.6 Å². The molecule has 11 heteroatoms. The highest BCUT2D eigenvalue weighted by Gasteiger charge is 2.32. The first-order valence-corrected chi connectivity index (χ1v) is 10.7. The second-order valence-corrected chi connectivity index (χ2v) is 8.26. The summed E-state index contributed by atoms with van der Waals surface area (Å²) >= 11 is 3.39. The second kappa shape index (κ2) is 10.2. The number of hydrogen-bond donors (Lipinski definition) is 4. The van der Waals surface area contributed by atoms with Crippen LogP contribution in [-0.4, -0.2) is 41.7 Å². The zero-order chi connectivity index (χ0) is 22.4. The first-order chi connectivity index (χ1) is 14.7. The van der Waals surface area contributed by atoms with Crippen LogP contribution in [0.3, 0.4) is 0 Å². The van der Waals surface area contributed by atoms with E-state index in [-0.39, 0.29) is 5.91 Å². The molecule has 2 heterocycles. The number of amides is 1. The van der Waals surface area contributed by atoms with Crippen LogP contribution < -0.4 is 21.3 Å². The predicted octanol–water partition coefficient (Wildman–Crippen LogP) is 4.46. The summed E-state index contributed by atoms with van der Waals surface area (Å²) in [6.07, 6.45) is -2.27. The molecular formula is C20H24BrF3N6O. The normalized spacial score (nSPS) is 16.0. The molecule has 0 bridgehead atoms. The van der Waals surface area contributed by atoms with Crippen LogP contribution >= 0.6 is 15.9 Å². The molecule has 0 saturated heterocycles. The number of carbonyl (C=O) groups excluding carboxylic acids is 1. The Balaban J connectivity index is 1.64. The molecule has 1 aromatic carbocycles. The fraction of sp³-hybridized carbons (Fsp3) is 0.450. The van der Waals surface area contributed by atoms with Crippen molar-refractivity contribution >= 4 is 45.0 Å². The summed E-state index contributed by atoms with van der Waals surface area (Å²) in [6, 6.07) is 5.61. The third-order valence-corrected chi connectivity index (χ3v) is 5.40. The van der Waals surface area contributed by atoms with E-state index in [1.165, 1.54) is 6.92 Å². The Bertz CT molecular complexity index is 924. The maximum atomic E-state index is 12.7. The van der Waals surface area contributed by atoms with E-state index < -0.39 is 18.5 Å². The van der Waals surface area contributed by atoms with E-state index in [1.807, 2.05) is 18.2 Å². The molecule has 2 aromatic rings. The fourth-order valence-electron chi connectivity index (χ4n) is 3.37. The molecule has 3 rings (SSSR count). The number of hydrogen-bond acceptors (Lipinski definition) is 6. The monoisotopic (exact) mass is 500 g/mol. The largest absolute Gasteiger partial charge is 0.389 e. The van der Waals surface area contributed by atoms with Gasteiger partial charge in [-0.15, -0.1) is 0 Å². The number of halogens is 4. The van der Waals surface area contributed by atoms with Gasteiger partial charge in [0.1, 0.15) is 5.82 Å². The number of anilines is 4. The summed E-state index contributed by atoms with van der Waals surface area (Å²) in [4.78, 5) is 19.6. The number of benzene rings is 1. The Morgan fingerprint density at radius 2 is 2.13 bits per heavy atom. The lowest BCUT2D eigenvalue weighted by Gasteiger charge is -2.16. The second-order valence-electron chi connectivity index (χ2n) is 7.40. The van der Waals surface area contributed by atoms with Crippen LogP contribution in [-0.2, 0) is 11.2 Å². The van der Waals surface area contributed by atoms with Crippen molar-refractivity contribution in [3.63, 3.8) is 0 Å². The van der Waals surface area contributed by atoms with Crippen molar-refractivity contribution in [3.05, 3.63) is 34.4 Å². The molecule has 0 spiro atoms. The number of alkyl halides is 3. The van der Waals surface area contributed by atoms with E-state index in [9.17, 15) is 18.0 Å². The third kappa shape index (κ3) is 7.27. The number of carbonyl (C=O) groups is 1. The average molecular weight is 501 g/mol. The Morgan fingerprint density at radius 1 is 1.32 bits per heavy atom. The number of nitrogens with one attached hydrogen (secondary N) is 4. The van der Waals surface area contributed by atoms with Gasteiger partial charge in [0.05, 0.1) is 4.47 Å². The van der Waals surface area contributed by atoms with Crippen LogP contribution in [0.4, 0.5) is 36.3 Å². The van der Waals surface area contributed by atoms with Crippen LogP contribution in [0.2, 0.25) is 0 Å². The third-order valence-electron chi connectivity index (χ3n) is 4.82. The van der Waals surface area contributed by atoms with E-state index in [0.29, 0.717) is 48.7 Å². The molecule has 0 saturated carbocycles. The van der Waals surface area contributed by atoms with E-state index in [1.54, 1.807) is 6.20 Å². The molecular weight excluding hydrogens is 477 g/mol. The summed E-state index contributed by atoms with van der Waals surface area (Å²) in [6.45, 7) is 2.72. The average Bonchev–Trinajstić information content (AvgIpc) is 2.88. The Kier molecular flexibility index (Phi) is 7.58. The van der Waals surface area contributed by atoms with Gasteiger partial charge in [0.15, 0.2) is 0 Å². The lowest BCUT2D eigenvalue weighted by atomic mass is 9.97. The lowest BCUT2D eigenvalue weighted by molar-refractivity contribution is -0.143. The minimum Gasteiger partial charge on any atom is -0.385 e. The number of rotatable bonds is 7. The number of nitrogens with zero attached hydrogens (tertiary/aromatic N) is 2. The maximum Gasteiger partial charge on any atom is 0.389 e. The van der Waals surface area contributed by atoms with Crippen molar-refractivity contribution in [2.75, 3.05) is 35.6 Å². The highest BCUT2D eigenvalue weighted by molar-refractivity contribution is 9.10. The fourth-order valence-corrected chi connectivity index (χ4v) is 3.70. The molecule has 0 fully saturated rings. The van der Waals surface area contributed by atoms with Crippen LogP contribution in [0.25, 0.3) is 0 Å². The van der Waals surface area contributed by atoms with Gasteiger partial charge < -0.3 is 21.3 Å². The topological polar surface area (TPSA) is 91.0 Å². The van der Waals surface area contributed by atoms with Gasteiger partial charge in [0.25, 0.3) is 0 Å². The van der Waals surface area contributed by atoms with E-state index in [4.69, 9.17) is 0 Å². The highest BCUT2D eigenvalue weighted by Crippen LogP contribution is 2.33. The van der Waals surface area contributed by atoms with Crippen molar-refractivity contribution in [1.29, 1.82) is 0 Å². The molecule has 1 atom stereocenters. The summed E-state index contributed by atoms with van der Waals surface area (Å²) in [5.41, 5.74) is 2.56. The van der Waals surface area contributed by atoms with Crippen LogP contribution in [0.15, 0.2) is 28.9 Å². The number of aryl methyl sites for hydroxylation is 1. The van der Waals surface area contributed by atoms with Gasteiger partial charge in [0.2, 0.25) is 11.9 Å². The summed E-state index contributed by atoms with van der Waals surface area (Å²) in [7, 11) is 0. The molecule has 168 valence electrons. The zero-order valence-corrected chi connectivity index (χ0v) is 18.5. The van der Waals surface area contributed by atoms with Gasteiger partial charge in [-0.2, -0.15) is 18.2 Å². The lowest BCUT2D eigenvalue weighted by Crippen LogP contribution is -2.26. The van der Waals surface area contributed by atoms with Gasteiger partial charge in [-0.3, -0.25) is 4.79 Å². The minimum atomic E-state index is -4.15. The Labute approximate surface area is 186 Å². The van der Waals surface area contributed by atoms with Crippen molar-refractivity contribution < 1.29 is 18.0 Å². The minimum absolute atomic E-state index is 0.103. The van der Waals surface area contributed by atoms with E-state index >= 15 is 0 Å². The first-order valence-electron chi connectivity index (χ1n) is 9.91. The number of aromatic nitrogens is 2. The highest BCUT2D eigenvalue weighted by atomic mass is 79.9. The van der Waals surface area contributed by atoms with Crippen LogP contribution in [0, 0.1) is 5.92 Å². The Hall–Kier alpha value is -2.56. The molecule has 1 aliphatic heterocycles.